The first-order chi connectivity index (χ1) is 8.01. The predicted molar refractivity (Wildman–Crippen MR) is 70.2 cm³/mol. The van der Waals surface area contributed by atoms with Gasteiger partial charge < -0.3 is 15.5 Å². The Morgan fingerprint density at radius 2 is 2.00 bits per heavy atom. The van der Waals surface area contributed by atoms with Gasteiger partial charge in [-0.25, -0.2) is 0 Å². The highest BCUT2D eigenvalue weighted by atomic mass is 16.3. The quantitative estimate of drug-likeness (QED) is 0.665. The molecular formula is C14H23NO2. The molecule has 1 aromatic carbocycles. The minimum Gasteiger partial charge on any atom is -0.508 e. The van der Waals surface area contributed by atoms with Crippen molar-refractivity contribution >= 4 is 0 Å². The Hall–Kier alpha value is -1.06. The molecule has 0 saturated carbocycles. The Morgan fingerprint density at radius 1 is 1.29 bits per heavy atom. The van der Waals surface area contributed by atoms with Crippen molar-refractivity contribution < 1.29 is 10.2 Å². The number of aliphatic hydroxyl groups is 1. The highest BCUT2D eigenvalue weighted by molar-refractivity contribution is 5.38. The molecule has 0 aromatic heterocycles. The Balaban J connectivity index is 2.86. The van der Waals surface area contributed by atoms with Gasteiger partial charge in [-0.3, -0.25) is 0 Å². The summed E-state index contributed by atoms with van der Waals surface area (Å²) < 4.78 is 0. The molecule has 0 saturated heterocycles. The molecule has 0 fully saturated rings. The molecule has 0 heterocycles. The Morgan fingerprint density at radius 3 is 2.59 bits per heavy atom. The maximum atomic E-state index is 9.77. The molecule has 0 unspecified atom stereocenters. The van der Waals surface area contributed by atoms with E-state index >= 15 is 0 Å². The number of nitrogens with one attached hydrogen (secondary N) is 1. The van der Waals surface area contributed by atoms with Crippen LogP contribution in [-0.2, 0) is 12.0 Å². The summed E-state index contributed by atoms with van der Waals surface area (Å²) >= 11 is 0. The molecule has 0 atom stereocenters. The summed E-state index contributed by atoms with van der Waals surface area (Å²) in [6.07, 6.45) is 1.06. The van der Waals surface area contributed by atoms with E-state index in [-0.39, 0.29) is 12.0 Å². The van der Waals surface area contributed by atoms with E-state index in [1.54, 1.807) is 6.07 Å². The Bertz CT molecular complexity index is 361. The van der Waals surface area contributed by atoms with Crippen LogP contribution in [0.4, 0.5) is 0 Å². The maximum absolute atomic E-state index is 9.77. The first kappa shape index (κ1) is 14.0. The Labute approximate surface area is 103 Å². The number of aromatic hydroxyl groups is 1. The van der Waals surface area contributed by atoms with Crippen LogP contribution in [-0.4, -0.2) is 23.4 Å². The highest BCUT2D eigenvalue weighted by Crippen LogP contribution is 2.30. The second kappa shape index (κ2) is 6.03. The molecule has 96 valence electrons. The van der Waals surface area contributed by atoms with Crippen LogP contribution in [0.15, 0.2) is 18.2 Å². The first-order valence-corrected chi connectivity index (χ1v) is 6.15. The van der Waals surface area contributed by atoms with Gasteiger partial charge in [0.1, 0.15) is 5.75 Å². The summed E-state index contributed by atoms with van der Waals surface area (Å²) in [6, 6.07) is 5.78. The van der Waals surface area contributed by atoms with Crippen molar-refractivity contribution in [3.63, 3.8) is 0 Å². The third-order valence-electron chi connectivity index (χ3n) is 3.35. The van der Waals surface area contributed by atoms with E-state index in [2.05, 4.69) is 26.1 Å². The summed E-state index contributed by atoms with van der Waals surface area (Å²) in [5.41, 5.74) is 2.25. The molecule has 0 spiro atoms. The van der Waals surface area contributed by atoms with Gasteiger partial charge in [0.25, 0.3) is 0 Å². The summed E-state index contributed by atoms with van der Waals surface area (Å²) in [6.45, 7) is 7.80. The number of phenolic OH excluding ortho intramolecular Hbond substituents is 1. The average molecular weight is 237 g/mol. The topological polar surface area (TPSA) is 52.5 Å². The van der Waals surface area contributed by atoms with E-state index < -0.39 is 0 Å². The van der Waals surface area contributed by atoms with Gasteiger partial charge >= 0.3 is 0 Å². The summed E-state index contributed by atoms with van der Waals surface area (Å²) in [5.74, 6) is 0.311. The number of aliphatic hydroxyl groups excluding tert-OH is 1. The van der Waals surface area contributed by atoms with Crippen molar-refractivity contribution in [1.29, 1.82) is 0 Å². The van der Waals surface area contributed by atoms with Crippen molar-refractivity contribution in [2.45, 2.75) is 39.2 Å². The molecule has 1 aromatic rings. The van der Waals surface area contributed by atoms with Crippen LogP contribution in [0.3, 0.4) is 0 Å². The summed E-state index contributed by atoms with van der Waals surface area (Å²) in [7, 11) is 0. The van der Waals surface area contributed by atoms with Crippen molar-refractivity contribution in [3.05, 3.63) is 29.3 Å². The molecule has 0 bridgehead atoms. The zero-order chi connectivity index (χ0) is 12.9. The molecule has 3 heteroatoms. The third kappa shape index (κ3) is 3.72. The second-order valence-electron chi connectivity index (χ2n) is 4.98. The molecule has 0 amide bonds. The van der Waals surface area contributed by atoms with Crippen molar-refractivity contribution in [2.24, 2.45) is 0 Å². The van der Waals surface area contributed by atoms with Crippen LogP contribution in [0, 0.1) is 0 Å². The lowest BCUT2D eigenvalue weighted by Crippen LogP contribution is -2.19. The van der Waals surface area contributed by atoms with Gasteiger partial charge in [0, 0.05) is 18.7 Å². The van der Waals surface area contributed by atoms with E-state index in [0.717, 1.165) is 12.0 Å². The fourth-order valence-electron chi connectivity index (χ4n) is 1.65. The lowest BCUT2D eigenvalue weighted by atomic mass is 9.81. The minimum absolute atomic E-state index is 0.112. The van der Waals surface area contributed by atoms with Crippen molar-refractivity contribution in [1.82, 2.24) is 5.32 Å². The van der Waals surface area contributed by atoms with Gasteiger partial charge in [-0.15, -0.1) is 0 Å². The normalized spacial score (nSPS) is 11.8. The number of hydrogen-bond donors (Lipinski definition) is 3. The van der Waals surface area contributed by atoms with Crippen LogP contribution in [0.25, 0.3) is 0 Å². The molecule has 3 nitrogen and oxygen atoms in total. The van der Waals surface area contributed by atoms with Gasteiger partial charge in [0.2, 0.25) is 0 Å². The minimum atomic E-state index is 0.112. The largest absolute Gasteiger partial charge is 0.508 e. The van der Waals surface area contributed by atoms with E-state index in [1.165, 1.54) is 5.56 Å². The number of benzene rings is 1. The van der Waals surface area contributed by atoms with E-state index in [9.17, 15) is 5.11 Å². The van der Waals surface area contributed by atoms with Crippen LogP contribution in [0.2, 0.25) is 0 Å². The standard InChI is InChI=1S/C14H23NO2/c1-4-14(2,3)12-5-6-13(17)11(9-12)10-15-7-8-16/h5-6,9,15-17H,4,7-8,10H2,1-3H3. The van der Waals surface area contributed by atoms with Crippen molar-refractivity contribution in [3.8, 4) is 5.75 Å². The SMILES string of the molecule is CCC(C)(C)c1ccc(O)c(CNCCO)c1. The molecule has 3 N–H and O–H groups in total. The zero-order valence-electron chi connectivity index (χ0n) is 11.0. The molecule has 1 rings (SSSR count). The first-order valence-electron chi connectivity index (χ1n) is 6.15. The van der Waals surface area contributed by atoms with E-state index in [4.69, 9.17) is 5.11 Å². The zero-order valence-corrected chi connectivity index (χ0v) is 11.0. The van der Waals surface area contributed by atoms with Crippen LogP contribution in [0.5, 0.6) is 5.75 Å². The number of rotatable bonds is 6. The van der Waals surface area contributed by atoms with Gasteiger partial charge in [-0.1, -0.05) is 32.9 Å². The fraction of sp³-hybridized carbons (Fsp3) is 0.571. The molecule has 0 radical (unpaired) electrons. The Kier molecular flexibility index (Phi) is 4.97. The van der Waals surface area contributed by atoms with Crippen LogP contribution < -0.4 is 5.32 Å². The number of phenols is 1. The summed E-state index contributed by atoms with van der Waals surface area (Å²) in [4.78, 5) is 0. The highest BCUT2D eigenvalue weighted by Gasteiger charge is 2.18. The summed E-state index contributed by atoms with van der Waals surface area (Å²) in [5, 5.41) is 21.6. The van der Waals surface area contributed by atoms with E-state index in [1.807, 2.05) is 12.1 Å². The van der Waals surface area contributed by atoms with Gasteiger partial charge in [0.05, 0.1) is 6.61 Å². The molecule has 0 aliphatic heterocycles. The third-order valence-corrected chi connectivity index (χ3v) is 3.35. The average Bonchev–Trinajstić information content (AvgIpc) is 2.31. The lowest BCUT2D eigenvalue weighted by molar-refractivity contribution is 0.291. The monoisotopic (exact) mass is 237 g/mol. The van der Waals surface area contributed by atoms with Gasteiger partial charge in [-0.05, 0) is 23.5 Å². The lowest BCUT2D eigenvalue weighted by Gasteiger charge is -2.24. The molecule has 0 aliphatic carbocycles. The van der Waals surface area contributed by atoms with Gasteiger partial charge in [-0.2, -0.15) is 0 Å². The van der Waals surface area contributed by atoms with Crippen LogP contribution >= 0.6 is 0 Å². The number of hydrogen-bond acceptors (Lipinski definition) is 3. The molecule has 0 aliphatic rings. The van der Waals surface area contributed by atoms with E-state index in [0.29, 0.717) is 18.8 Å². The fourth-order valence-corrected chi connectivity index (χ4v) is 1.65. The predicted octanol–water partition coefficient (Wildman–Crippen LogP) is 2.16. The molecule has 17 heavy (non-hydrogen) atoms. The maximum Gasteiger partial charge on any atom is 0.120 e. The second-order valence-corrected chi connectivity index (χ2v) is 4.98. The van der Waals surface area contributed by atoms with Crippen molar-refractivity contribution in [2.75, 3.05) is 13.2 Å². The smallest absolute Gasteiger partial charge is 0.120 e. The molecular weight excluding hydrogens is 214 g/mol. The van der Waals surface area contributed by atoms with Crippen LogP contribution in [0.1, 0.15) is 38.3 Å². The van der Waals surface area contributed by atoms with Gasteiger partial charge in [0.15, 0.2) is 0 Å².